The Morgan fingerprint density at radius 3 is 2.59 bits per heavy atom. The van der Waals surface area contributed by atoms with Gasteiger partial charge in [-0.25, -0.2) is 0 Å². The molecule has 3 heteroatoms. The number of hydrogen-bond acceptors (Lipinski definition) is 3. The molecule has 3 nitrogen and oxygen atoms in total. The lowest BCUT2D eigenvalue weighted by molar-refractivity contribution is -0.167. The van der Waals surface area contributed by atoms with E-state index in [4.69, 9.17) is 4.74 Å². The number of esters is 1. The molecule has 0 radical (unpaired) electrons. The van der Waals surface area contributed by atoms with Gasteiger partial charge in [-0.2, -0.15) is 0 Å². The normalized spacial score (nSPS) is 47.7. The van der Waals surface area contributed by atoms with Crippen molar-refractivity contribution in [3.8, 4) is 0 Å². The summed E-state index contributed by atoms with van der Waals surface area (Å²) in [5.74, 6) is 4.17. The molecule has 0 N–H and O–H groups in total. The third-order valence-electron chi connectivity index (χ3n) is 10.3. The van der Waals surface area contributed by atoms with Crippen LogP contribution in [0.2, 0.25) is 0 Å². The molecule has 0 aromatic rings. The Morgan fingerprint density at radius 1 is 1.14 bits per heavy atom. The number of rotatable bonds is 4. The first-order chi connectivity index (χ1) is 13.7. The summed E-state index contributed by atoms with van der Waals surface area (Å²) < 4.78 is 5.59. The SMILES string of the molecule is CCC[C@@H](C)[C@H]1CC[C@H]2[C@@H]3CCC4CC(OC(C)=O)CC[C@]4(C)[C@H]3CC(=O)[C@]12C. The molecule has 0 saturated heterocycles. The Morgan fingerprint density at radius 2 is 1.90 bits per heavy atom. The van der Waals surface area contributed by atoms with Crippen LogP contribution < -0.4 is 0 Å². The summed E-state index contributed by atoms with van der Waals surface area (Å²) in [6.07, 6.45) is 11.5. The Labute approximate surface area is 177 Å². The fourth-order valence-electron chi connectivity index (χ4n) is 8.87. The molecule has 9 atom stereocenters. The van der Waals surface area contributed by atoms with Gasteiger partial charge in [-0.05, 0) is 85.9 Å². The maximum Gasteiger partial charge on any atom is 0.302 e. The predicted octanol–water partition coefficient (Wildman–Crippen LogP) is 6.19. The van der Waals surface area contributed by atoms with Crippen molar-refractivity contribution < 1.29 is 14.3 Å². The number of ether oxygens (including phenoxy) is 1. The lowest BCUT2D eigenvalue weighted by Gasteiger charge is -2.60. The molecular formula is C26H42O3. The van der Waals surface area contributed by atoms with Crippen LogP contribution in [-0.4, -0.2) is 17.9 Å². The quantitative estimate of drug-likeness (QED) is 0.526. The minimum atomic E-state index is -0.144. The van der Waals surface area contributed by atoms with Gasteiger partial charge in [0.25, 0.3) is 0 Å². The number of hydrogen-bond donors (Lipinski definition) is 0. The number of fused-ring (bicyclic) bond motifs is 5. The summed E-state index contributed by atoms with van der Waals surface area (Å²) in [5.41, 5.74) is 0.178. The van der Waals surface area contributed by atoms with Gasteiger partial charge in [0.1, 0.15) is 11.9 Å². The van der Waals surface area contributed by atoms with Crippen molar-refractivity contribution in [2.45, 2.75) is 105 Å². The second-order valence-electron chi connectivity index (χ2n) is 11.5. The van der Waals surface area contributed by atoms with Crippen molar-refractivity contribution >= 4 is 11.8 Å². The second kappa shape index (κ2) is 7.68. The first-order valence-electron chi connectivity index (χ1n) is 12.4. The molecule has 4 fully saturated rings. The summed E-state index contributed by atoms with van der Waals surface area (Å²) in [4.78, 5) is 25.2. The number of carbonyl (C=O) groups is 2. The molecule has 0 spiro atoms. The Balaban J connectivity index is 1.56. The van der Waals surface area contributed by atoms with Crippen molar-refractivity contribution in [1.29, 1.82) is 0 Å². The molecular weight excluding hydrogens is 360 g/mol. The number of carbonyl (C=O) groups excluding carboxylic acids is 2. The zero-order valence-corrected chi connectivity index (χ0v) is 19.3. The number of ketones is 1. The van der Waals surface area contributed by atoms with Gasteiger partial charge in [0.15, 0.2) is 0 Å². The van der Waals surface area contributed by atoms with E-state index in [-0.39, 0.29) is 22.9 Å². The minimum absolute atomic E-state index is 0.0755. The zero-order chi connectivity index (χ0) is 21.0. The van der Waals surface area contributed by atoms with Gasteiger partial charge in [-0.3, -0.25) is 9.59 Å². The van der Waals surface area contributed by atoms with Crippen LogP contribution >= 0.6 is 0 Å². The van der Waals surface area contributed by atoms with E-state index >= 15 is 0 Å². The summed E-state index contributed by atoms with van der Waals surface area (Å²) in [7, 11) is 0. The van der Waals surface area contributed by atoms with E-state index in [0.29, 0.717) is 35.4 Å². The predicted molar refractivity (Wildman–Crippen MR) is 115 cm³/mol. The van der Waals surface area contributed by atoms with E-state index in [9.17, 15) is 9.59 Å². The van der Waals surface area contributed by atoms with E-state index in [0.717, 1.165) is 31.6 Å². The number of Topliss-reactive ketones (excluding diaryl/α,β-unsaturated/α-hetero) is 1. The largest absolute Gasteiger partial charge is 0.463 e. The molecule has 0 amide bonds. The van der Waals surface area contributed by atoms with Gasteiger partial charge in [-0.1, -0.05) is 40.5 Å². The summed E-state index contributed by atoms with van der Waals surface area (Å²) in [6, 6.07) is 0. The molecule has 4 rings (SSSR count). The first-order valence-corrected chi connectivity index (χ1v) is 12.4. The summed E-state index contributed by atoms with van der Waals surface area (Å²) in [6.45, 7) is 11.0. The fraction of sp³-hybridized carbons (Fsp3) is 0.923. The molecule has 4 aliphatic rings. The van der Waals surface area contributed by atoms with Gasteiger partial charge in [0.05, 0.1) is 0 Å². The van der Waals surface area contributed by atoms with Crippen molar-refractivity contribution in [3.63, 3.8) is 0 Å². The third-order valence-corrected chi connectivity index (χ3v) is 10.3. The molecule has 0 aromatic heterocycles. The van der Waals surface area contributed by atoms with E-state index in [2.05, 4.69) is 27.7 Å². The van der Waals surface area contributed by atoms with E-state index < -0.39 is 0 Å². The van der Waals surface area contributed by atoms with Gasteiger partial charge in [-0.15, -0.1) is 0 Å². The minimum Gasteiger partial charge on any atom is -0.463 e. The van der Waals surface area contributed by atoms with Gasteiger partial charge >= 0.3 is 5.97 Å². The molecule has 29 heavy (non-hydrogen) atoms. The van der Waals surface area contributed by atoms with Crippen LogP contribution in [0.1, 0.15) is 98.8 Å². The van der Waals surface area contributed by atoms with Gasteiger partial charge < -0.3 is 4.74 Å². The van der Waals surface area contributed by atoms with Crippen LogP contribution in [0.15, 0.2) is 0 Å². The molecule has 0 bridgehead atoms. The van der Waals surface area contributed by atoms with Crippen molar-refractivity contribution in [3.05, 3.63) is 0 Å². The average Bonchev–Trinajstić information content (AvgIpc) is 3.02. The molecule has 164 valence electrons. The lowest BCUT2D eigenvalue weighted by Crippen LogP contribution is -2.57. The van der Waals surface area contributed by atoms with Crippen LogP contribution in [0, 0.1) is 46.3 Å². The second-order valence-corrected chi connectivity index (χ2v) is 11.5. The highest BCUT2D eigenvalue weighted by Crippen LogP contribution is 2.67. The topological polar surface area (TPSA) is 43.4 Å². The average molecular weight is 403 g/mol. The fourth-order valence-corrected chi connectivity index (χ4v) is 8.87. The van der Waals surface area contributed by atoms with Crippen LogP contribution in [0.5, 0.6) is 0 Å². The Hall–Kier alpha value is -0.860. The molecule has 4 aliphatic carbocycles. The van der Waals surface area contributed by atoms with Crippen LogP contribution in [0.3, 0.4) is 0 Å². The maximum absolute atomic E-state index is 13.7. The van der Waals surface area contributed by atoms with Crippen LogP contribution in [-0.2, 0) is 14.3 Å². The summed E-state index contributed by atoms with van der Waals surface area (Å²) >= 11 is 0. The standard InChI is InChI=1S/C26H42O3/c1-6-7-16(2)21-10-11-22-20-9-8-18-14-19(29-17(3)27)12-13-25(18,4)23(20)15-24(28)26(21,22)5/h16,18-23H,6-15H2,1-5H3/t16-,18?,19?,20+,21-,22+,23+,25+,26-/m1/s1. The maximum atomic E-state index is 13.7. The Kier molecular flexibility index (Phi) is 5.66. The highest BCUT2D eigenvalue weighted by atomic mass is 16.5. The monoisotopic (exact) mass is 402 g/mol. The molecule has 0 aromatic carbocycles. The van der Waals surface area contributed by atoms with Gasteiger partial charge in [0, 0.05) is 18.8 Å². The molecule has 2 unspecified atom stereocenters. The van der Waals surface area contributed by atoms with Crippen molar-refractivity contribution in [2.24, 2.45) is 46.3 Å². The van der Waals surface area contributed by atoms with E-state index in [1.165, 1.54) is 45.4 Å². The first kappa shape index (κ1) is 21.4. The van der Waals surface area contributed by atoms with Crippen molar-refractivity contribution in [1.82, 2.24) is 0 Å². The van der Waals surface area contributed by atoms with Crippen LogP contribution in [0.4, 0.5) is 0 Å². The summed E-state index contributed by atoms with van der Waals surface area (Å²) in [5, 5.41) is 0. The smallest absolute Gasteiger partial charge is 0.302 e. The highest BCUT2D eigenvalue weighted by Gasteiger charge is 2.64. The van der Waals surface area contributed by atoms with E-state index in [1.807, 2.05) is 0 Å². The highest BCUT2D eigenvalue weighted by molar-refractivity contribution is 5.87. The molecule has 0 aliphatic heterocycles. The lowest BCUT2D eigenvalue weighted by atomic mass is 9.44. The zero-order valence-electron chi connectivity index (χ0n) is 19.3. The van der Waals surface area contributed by atoms with Gasteiger partial charge in [0.2, 0.25) is 0 Å². The molecule has 0 heterocycles. The van der Waals surface area contributed by atoms with E-state index in [1.54, 1.807) is 0 Å². The van der Waals surface area contributed by atoms with Crippen molar-refractivity contribution in [2.75, 3.05) is 0 Å². The van der Waals surface area contributed by atoms with Crippen LogP contribution in [0.25, 0.3) is 0 Å². The third kappa shape index (κ3) is 3.30. The Bertz CT molecular complexity index is 656. The molecule has 4 saturated carbocycles.